The smallest absolute Gasteiger partial charge is 0.148 e. The summed E-state index contributed by atoms with van der Waals surface area (Å²) >= 11 is 0. The second-order valence-electron chi connectivity index (χ2n) is 3.94. The molecule has 2 rings (SSSR count). The van der Waals surface area contributed by atoms with Crippen LogP contribution in [-0.2, 0) is 7.05 Å². The maximum absolute atomic E-state index is 12.8. The molecule has 0 fully saturated rings. The Kier molecular flexibility index (Phi) is 2.99. The van der Waals surface area contributed by atoms with Crippen LogP contribution >= 0.6 is 0 Å². The van der Waals surface area contributed by atoms with E-state index in [4.69, 9.17) is 0 Å². The Labute approximate surface area is 98.7 Å². The molecule has 0 bridgehead atoms. The molecule has 0 aliphatic heterocycles. The van der Waals surface area contributed by atoms with Gasteiger partial charge < -0.3 is 10.4 Å². The van der Waals surface area contributed by atoms with E-state index in [0.29, 0.717) is 11.4 Å². The van der Waals surface area contributed by atoms with Gasteiger partial charge >= 0.3 is 0 Å². The average molecular weight is 235 g/mol. The summed E-state index contributed by atoms with van der Waals surface area (Å²) in [5, 5.41) is 16.9. The van der Waals surface area contributed by atoms with Crippen LogP contribution in [-0.4, -0.2) is 14.9 Å². The van der Waals surface area contributed by atoms with Crippen LogP contribution in [0.25, 0.3) is 0 Å². The molecule has 1 aromatic carbocycles. The van der Waals surface area contributed by atoms with Gasteiger partial charge in [-0.1, -0.05) is 6.07 Å². The lowest BCUT2D eigenvalue weighted by molar-refractivity contribution is 0.459. The maximum Gasteiger partial charge on any atom is 0.148 e. The van der Waals surface area contributed by atoms with Crippen molar-refractivity contribution in [2.75, 3.05) is 5.32 Å². The maximum atomic E-state index is 12.8. The summed E-state index contributed by atoms with van der Waals surface area (Å²) < 4.78 is 14.5. The molecule has 1 atom stereocenters. The zero-order valence-electron chi connectivity index (χ0n) is 9.68. The zero-order valence-corrected chi connectivity index (χ0v) is 9.68. The number of halogens is 1. The summed E-state index contributed by atoms with van der Waals surface area (Å²) in [5.74, 6) is 0.209. The van der Waals surface area contributed by atoms with E-state index in [1.807, 2.05) is 26.2 Å². The van der Waals surface area contributed by atoms with Crippen LogP contribution in [0.3, 0.4) is 0 Å². The Morgan fingerprint density at radius 2 is 2.18 bits per heavy atom. The van der Waals surface area contributed by atoms with Crippen molar-refractivity contribution in [2.45, 2.75) is 13.0 Å². The molecular weight excluding hydrogens is 221 g/mol. The van der Waals surface area contributed by atoms with E-state index >= 15 is 0 Å². The third-order valence-electron chi connectivity index (χ3n) is 2.54. The largest absolute Gasteiger partial charge is 0.507 e. The minimum absolute atomic E-state index is 0.0547. The van der Waals surface area contributed by atoms with Gasteiger partial charge in [-0.3, -0.25) is 4.68 Å². The normalized spacial score (nSPS) is 12.4. The standard InChI is InChI=1S/C12H14FN3O/c1-8(14-12-5-6-16(2)15-12)10-4-3-9(13)7-11(10)17/h3-8,17H,1-2H3,(H,14,15). The van der Waals surface area contributed by atoms with E-state index in [0.717, 1.165) is 6.07 Å². The number of aromatic hydroxyl groups is 1. The number of phenolic OH excluding ortho intramolecular Hbond substituents is 1. The molecule has 1 unspecified atom stereocenters. The van der Waals surface area contributed by atoms with Crippen molar-refractivity contribution in [3.05, 3.63) is 41.8 Å². The van der Waals surface area contributed by atoms with Crippen LogP contribution in [0.5, 0.6) is 5.75 Å². The highest BCUT2D eigenvalue weighted by atomic mass is 19.1. The Balaban J connectivity index is 2.17. The van der Waals surface area contributed by atoms with Gasteiger partial charge in [0.15, 0.2) is 0 Å². The van der Waals surface area contributed by atoms with Gasteiger partial charge in [0.25, 0.3) is 0 Å². The van der Waals surface area contributed by atoms with Crippen molar-refractivity contribution < 1.29 is 9.50 Å². The van der Waals surface area contributed by atoms with E-state index < -0.39 is 5.82 Å². The number of aromatic nitrogens is 2. The second-order valence-corrected chi connectivity index (χ2v) is 3.94. The van der Waals surface area contributed by atoms with Crippen LogP contribution < -0.4 is 5.32 Å². The molecule has 2 N–H and O–H groups in total. The summed E-state index contributed by atoms with van der Waals surface area (Å²) in [6, 6.07) is 5.67. The number of phenols is 1. The highest BCUT2D eigenvalue weighted by Crippen LogP contribution is 2.26. The fourth-order valence-corrected chi connectivity index (χ4v) is 1.67. The molecule has 2 aromatic rings. The van der Waals surface area contributed by atoms with Crippen molar-refractivity contribution in [3.63, 3.8) is 0 Å². The summed E-state index contributed by atoms with van der Waals surface area (Å²) in [6.07, 6.45) is 1.82. The van der Waals surface area contributed by atoms with E-state index in [1.54, 1.807) is 10.7 Å². The molecule has 0 aliphatic carbocycles. The zero-order chi connectivity index (χ0) is 12.4. The quantitative estimate of drug-likeness (QED) is 0.859. The van der Waals surface area contributed by atoms with E-state index in [1.165, 1.54) is 6.07 Å². The predicted octanol–water partition coefficient (Wildman–Crippen LogP) is 2.44. The van der Waals surface area contributed by atoms with Gasteiger partial charge in [-0.25, -0.2) is 4.39 Å². The molecule has 4 nitrogen and oxygen atoms in total. The van der Waals surface area contributed by atoms with Crippen molar-refractivity contribution >= 4 is 5.82 Å². The van der Waals surface area contributed by atoms with E-state index in [-0.39, 0.29) is 11.8 Å². The first-order valence-corrected chi connectivity index (χ1v) is 5.31. The summed E-state index contributed by atoms with van der Waals surface area (Å²) in [4.78, 5) is 0. The van der Waals surface area contributed by atoms with Gasteiger partial charge in [0.2, 0.25) is 0 Å². The van der Waals surface area contributed by atoms with Crippen LogP contribution in [0.1, 0.15) is 18.5 Å². The molecular formula is C12H14FN3O. The molecule has 1 aromatic heterocycles. The molecule has 0 saturated heterocycles. The highest BCUT2D eigenvalue weighted by Gasteiger charge is 2.11. The first-order valence-electron chi connectivity index (χ1n) is 5.31. The lowest BCUT2D eigenvalue weighted by Gasteiger charge is -2.14. The Morgan fingerprint density at radius 3 is 2.76 bits per heavy atom. The topological polar surface area (TPSA) is 50.1 Å². The third-order valence-corrected chi connectivity index (χ3v) is 2.54. The molecule has 5 heteroatoms. The molecule has 0 aliphatic rings. The average Bonchev–Trinajstić information content (AvgIpc) is 2.63. The summed E-state index contributed by atoms with van der Waals surface area (Å²) in [5.41, 5.74) is 0.636. The first-order chi connectivity index (χ1) is 8.06. The van der Waals surface area contributed by atoms with Crippen molar-refractivity contribution in [2.24, 2.45) is 7.05 Å². The van der Waals surface area contributed by atoms with Gasteiger partial charge in [0.05, 0.1) is 6.04 Å². The molecule has 0 saturated carbocycles. The number of hydrogen-bond donors (Lipinski definition) is 2. The summed E-state index contributed by atoms with van der Waals surface area (Å²) in [7, 11) is 1.82. The van der Waals surface area contributed by atoms with Gasteiger partial charge in [-0.2, -0.15) is 5.10 Å². The van der Waals surface area contributed by atoms with Crippen molar-refractivity contribution in [3.8, 4) is 5.75 Å². The Morgan fingerprint density at radius 1 is 1.41 bits per heavy atom. The van der Waals surface area contributed by atoms with E-state index in [2.05, 4.69) is 10.4 Å². The minimum Gasteiger partial charge on any atom is -0.507 e. The fourth-order valence-electron chi connectivity index (χ4n) is 1.67. The Bertz CT molecular complexity index is 524. The molecule has 0 spiro atoms. The predicted molar refractivity (Wildman–Crippen MR) is 63.3 cm³/mol. The van der Waals surface area contributed by atoms with Crippen LogP contribution in [0, 0.1) is 5.82 Å². The minimum atomic E-state index is -0.448. The molecule has 17 heavy (non-hydrogen) atoms. The highest BCUT2D eigenvalue weighted by molar-refractivity contribution is 5.42. The number of nitrogens with one attached hydrogen (secondary N) is 1. The number of aryl methyl sites for hydroxylation is 1. The molecule has 0 amide bonds. The van der Waals surface area contributed by atoms with Crippen LogP contribution in [0.15, 0.2) is 30.5 Å². The fraction of sp³-hybridized carbons (Fsp3) is 0.250. The number of hydrogen-bond acceptors (Lipinski definition) is 3. The second kappa shape index (κ2) is 4.45. The molecule has 1 heterocycles. The van der Waals surface area contributed by atoms with Gasteiger partial charge in [-0.05, 0) is 13.0 Å². The number of rotatable bonds is 3. The number of anilines is 1. The Hall–Kier alpha value is -2.04. The van der Waals surface area contributed by atoms with Crippen LogP contribution in [0.4, 0.5) is 10.2 Å². The summed E-state index contributed by atoms with van der Waals surface area (Å²) in [6.45, 7) is 1.88. The number of nitrogens with zero attached hydrogens (tertiary/aromatic N) is 2. The lowest BCUT2D eigenvalue weighted by Crippen LogP contribution is -2.07. The first kappa shape index (κ1) is 11.4. The van der Waals surface area contributed by atoms with Gasteiger partial charge in [-0.15, -0.1) is 0 Å². The SMILES string of the molecule is CC(Nc1ccn(C)n1)c1ccc(F)cc1O. The van der Waals surface area contributed by atoms with E-state index in [9.17, 15) is 9.50 Å². The third kappa shape index (κ3) is 2.55. The van der Waals surface area contributed by atoms with Crippen LogP contribution in [0.2, 0.25) is 0 Å². The van der Waals surface area contributed by atoms with Crippen molar-refractivity contribution in [1.82, 2.24) is 9.78 Å². The lowest BCUT2D eigenvalue weighted by atomic mass is 10.1. The van der Waals surface area contributed by atoms with Gasteiger partial charge in [0.1, 0.15) is 17.4 Å². The van der Waals surface area contributed by atoms with Crippen molar-refractivity contribution in [1.29, 1.82) is 0 Å². The van der Waals surface area contributed by atoms with Gasteiger partial charge in [0, 0.05) is 30.9 Å². The monoisotopic (exact) mass is 235 g/mol. The number of benzene rings is 1. The molecule has 0 radical (unpaired) electrons. The molecule has 90 valence electrons.